The van der Waals surface area contributed by atoms with E-state index in [9.17, 15) is 4.79 Å². The number of hydrogen-bond acceptors (Lipinski definition) is 2. The summed E-state index contributed by atoms with van der Waals surface area (Å²) >= 11 is 0. The van der Waals surface area contributed by atoms with E-state index in [2.05, 4.69) is 32.2 Å². The lowest BCUT2D eigenvalue weighted by atomic mass is 9.87. The van der Waals surface area contributed by atoms with Crippen molar-refractivity contribution in [2.24, 2.45) is 0 Å². The first-order valence-corrected chi connectivity index (χ1v) is 7.49. The van der Waals surface area contributed by atoms with Crippen LogP contribution in [-0.4, -0.2) is 12.0 Å². The Hall–Kier alpha value is -2.29. The molecule has 0 spiro atoms. The maximum atomic E-state index is 12.2. The third-order valence-corrected chi connectivity index (χ3v) is 3.42. The first kappa shape index (κ1) is 16.1. The van der Waals surface area contributed by atoms with E-state index >= 15 is 0 Å². The van der Waals surface area contributed by atoms with E-state index in [1.54, 1.807) is 6.92 Å². The number of amides is 1. The molecule has 3 heteroatoms. The molecule has 2 aromatic rings. The van der Waals surface area contributed by atoms with Crippen molar-refractivity contribution in [2.75, 3.05) is 5.32 Å². The number of benzene rings is 2. The number of anilines is 1. The molecule has 0 radical (unpaired) electrons. The molecule has 1 atom stereocenters. The van der Waals surface area contributed by atoms with Gasteiger partial charge in [0.05, 0.1) is 0 Å². The van der Waals surface area contributed by atoms with Gasteiger partial charge in [0.15, 0.2) is 6.10 Å². The van der Waals surface area contributed by atoms with Crippen molar-refractivity contribution in [3.05, 3.63) is 60.2 Å². The summed E-state index contributed by atoms with van der Waals surface area (Å²) in [7, 11) is 0. The number of nitrogens with one attached hydrogen (secondary N) is 1. The van der Waals surface area contributed by atoms with E-state index in [-0.39, 0.29) is 11.3 Å². The number of carbonyl (C=O) groups is 1. The van der Waals surface area contributed by atoms with Crippen molar-refractivity contribution in [3.63, 3.8) is 0 Å². The second-order valence-electron chi connectivity index (χ2n) is 6.39. The third-order valence-electron chi connectivity index (χ3n) is 3.42. The highest BCUT2D eigenvalue weighted by Gasteiger charge is 2.17. The average Bonchev–Trinajstić information content (AvgIpc) is 2.47. The molecule has 0 aliphatic rings. The van der Waals surface area contributed by atoms with Crippen LogP contribution in [0.4, 0.5) is 5.69 Å². The molecule has 0 saturated heterocycles. The maximum absolute atomic E-state index is 12.2. The van der Waals surface area contributed by atoms with E-state index in [0.29, 0.717) is 5.75 Å². The maximum Gasteiger partial charge on any atom is 0.265 e. The summed E-state index contributed by atoms with van der Waals surface area (Å²) in [6.07, 6.45) is -0.560. The fourth-order valence-electron chi connectivity index (χ4n) is 2.06. The van der Waals surface area contributed by atoms with Gasteiger partial charge in [0.2, 0.25) is 0 Å². The lowest BCUT2D eigenvalue weighted by molar-refractivity contribution is -0.122. The fraction of sp³-hybridized carbons (Fsp3) is 0.316. The van der Waals surface area contributed by atoms with Crippen LogP contribution in [0.5, 0.6) is 5.75 Å². The predicted molar refractivity (Wildman–Crippen MR) is 90.3 cm³/mol. The molecule has 0 saturated carbocycles. The number of ether oxygens (including phenoxy) is 1. The molecule has 0 bridgehead atoms. The minimum Gasteiger partial charge on any atom is -0.481 e. The molecule has 1 N–H and O–H groups in total. The van der Waals surface area contributed by atoms with Crippen molar-refractivity contribution in [1.29, 1.82) is 0 Å². The molecular formula is C19H23NO2. The molecule has 1 unspecified atom stereocenters. The highest BCUT2D eigenvalue weighted by atomic mass is 16.5. The van der Waals surface area contributed by atoms with Gasteiger partial charge in [0.1, 0.15) is 5.75 Å². The fourth-order valence-corrected chi connectivity index (χ4v) is 2.06. The summed E-state index contributed by atoms with van der Waals surface area (Å²) in [6.45, 7) is 8.20. The summed E-state index contributed by atoms with van der Waals surface area (Å²) < 4.78 is 5.77. The van der Waals surface area contributed by atoms with E-state index < -0.39 is 6.10 Å². The zero-order chi connectivity index (χ0) is 16.2. The molecule has 116 valence electrons. The van der Waals surface area contributed by atoms with Gasteiger partial charge in [-0.25, -0.2) is 0 Å². The molecule has 0 aliphatic carbocycles. The first-order chi connectivity index (χ1) is 10.4. The molecule has 0 aliphatic heterocycles. The lowest BCUT2D eigenvalue weighted by Crippen LogP contribution is -2.30. The number of carbonyl (C=O) groups excluding carboxylic acids is 1. The van der Waals surface area contributed by atoms with Gasteiger partial charge in [0.25, 0.3) is 5.91 Å². The Morgan fingerprint density at radius 2 is 1.73 bits per heavy atom. The van der Waals surface area contributed by atoms with Gasteiger partial charge in [0, 0.05) is 5.69 Å². The Morgan fingerprint density at radius 3 is 2.36 bits per heavy atom. The van der Waals surface area contributed by atoms with Gasteiger partial charge < -0.3 is 10.1 Å². The second kappa shape index (κ2) is 6.65. The minimum absolute atomic E-state index is 0.0505. The van der Waals surface area contributed by atoms with E-state index in [1.165, 1.54) is 5.56 Å². The minimum atomic E-state index is -0.560. The van der Waals surface area contributed by atoms with Crippen LogP contribution in [-0.2, 0) is 10.2 Å². The van der Waals surface area contributed by atoms with Gasteiger partial charge >= 0.3 is 0 Å². The second-order valence-corrected chi connectivity index (χ2v) is 6.39. The van der Waals surface area contributed by atoms with Crippen LogP contribution in [0.2, 0.25) is 0 Å². The summed E-state index contributed by atoms with van der Waals surface area (Å²) in [5, 5.41) is 2.84. The predicted octanol–water partition coefficient (Wildman–Crippen LogP) is 4.39. The molecule has 22 heavy (non-hydrogen) atoms. The van der Waals surface area contributed by atoms with Gasteiger partial charge in [-0.2, -0.15) is 0 Å². The summed E-state index contributed by atoms with van der Waals surface area (Å²) in [5.41, 5.74) is 2.00. The van der Waals surface area contributed by atoms with Gasteiger partial charge in [-0.1, -0.05) is 51.1 Å². The molecule has 3 nitrogen and oxygen atoms in total. The normalized spacial score (nSPS) is 12.5. The van der Waals surface area contributed by atoms with Crippen LogP contribution < -0.4 is 10.1 Å². The van der Waals surface area contributed by atoms with E-state index in [0.717, 1.165) is 5.69 Å². The zero-order valence-electron chi connectivity index (χ0n) is 13.6. The Kier molecular flexibility index (Phi) is 4.86. The smallest absolute Gasteiger partial charge is 0.265 e. The molecule has 0 fully saturated rings. The SMILES string of the molecule is CC(Oc1cccc(C(C)(C)C)c1)C(=O)Nc1ccccc1. The largest absolute Gasteiger partial charge is 0.481 e. The van der Waals surface area contributed by atoms with Crippen molar-refractivity contribution in [1.82, 2.24) is 0 Å². The highest BCUT2D eigenvalue weighted by molar-refractivity contribution is 5.94. The van der Waals surface area contributed by atoms with Crippen LogP contribution in [0.15, 0.2) is 54.6 Å². The Morgan fingerprint density at radius 1 is 1.05 bits per heavy atom. The van der Waals surface area contributed by atoms with Gasteiger partial charge in [-0.15, -0.1) is 0 Å². The summed E-state index contributed by atoms with van der Waals surface area (Å²) in [5.74, 6) is 0.551. The highest BCUT2D eigenvalue weighted by Crippen LogP contribution is 2.26. The van der Waals surface area contributed by atoms with E-state index in [1.807, 2.05) is 48.5 Å². The van der Waals surface area contributed by atoms with E-state index in [4.69, 9.17) is 4.74 Å². The average molecular weight is 297 g/mol. The topological polar surface area (TPSA) is 38.3 Å². The van der Waals surface area contributed by atoms with Crippen molar-refractivity contribution in [2.45, 2.75) is 39.2 Å². The van der Waals surface area contributed by atoms with Crippen molar-refractivity contribution >= 4 is 11.6 Å². The molecule has 0 heterocycles. The molecule has 0 aromatic heterocycles. The van der Waals surface area contributed by atoms with Crippen LogP contribution in [0.1, 0.15) is 33.3 Å². The summed E-state index contributed by atoms with van der Waals surface area (Å²) in [6, 6.07) is 17.3. The van der Waals surface area contributed by atoms with Crippen LogP contribution in [0, 0.1) is 0 Å². The summed E-state index contributed by atoms with van der Waals surface area (Å²) in [4.78, 5) is 12.2. The molecule has 2 rings (SSSR count). The lowest BCUT2D eigenvalue weighted by Gasteiger charge is -2.21. The Labute approximate surface area is 132 Å². The standard InChI is InChI=1S/C19H23NO2/c1-14(18(21)20-16-10-6-5-7-11-16)22-17-12-8-9-15(13-17)19(2,3)4/h5-14H,1-4H3,(H,20,21). The molecule has 2 aromatic carbocycles. The Bertz CT molecular complexity index is 629. The van der Waals surface area contributed by atoms with Crippen molar-refractivity contribution in [3.8, 4) is 5.75 Å². The third kappa shape index (κ3) is 4.35. The number of rotatable bonds is 4. The quantitative estimate of drug-likeness (QED) is 0.909. The van der Waals surface area contributed by atoms with Crippen LogP contribution in [0.25, 0.3) is 0 Å². The first-order valence-electron chi connectivity index (χ1n) is 7.49. The number of hydrogen-bond donors (Lipinski definition) is 1. The number of para-hydroxylation sites is 1. The van der Waals surface area contributed by atoms with Gasteiger partial charge in [-0.05, 0) is 42.2 Å². The zero-order valence-corrected chi connectivity index (χ0v) is 13.6. The molecular weight excluding hydrogens is 274 g/mol. The molecule has 1 amide bonds. The van der Waals surface area contributed by atoms with Gasteiger partial charge in [-0.3, -0.25) is 4.79 Å². The van der Waals surface area contributed by atoms with Crippen LogP contribution >= 0.6 is 0 Å². The van der Waals surface area contributed by atoms with Crippen molar-refractivity contribution < 1.29 is 9.53 Å². The van der Waals surface area contributed by atoms with Crippen LogP contribution in [0.3, 0.4) is 0 Å². The Balaban J connectivity index is 2.02. The monoisotopic (exact) mass is 297 g/mol.